The van der Waals surface area contributed by atoms with E-state index in [9.17, 15) is 5.21 Å². The average molecular weight is 428 g/mol. The second-order valence-electron chi connectivity index (χ2n) is 5.62. The molecule has 0 N–H and O–H groups in total. The van der Waals surface area contributed by atoms with E-state index in [4.69, 9.17) is 9.47 Å². The number of ether oxygens (including phenoxy) is 2. The van der Waals surface area contributed by atoms with Crippen molar-refractivity contribution in [3.8, 4) is 11.8 Å². The molecule has 0 aliphatic heterocycles. The van der Waals surface area contributed by atoms with Gasteiger partial charge in [-0.1, -0.05) is 66.8 Å². The van der Waals surface area contributed by atoms with E-state index in [2.05, 4.69) is 41.4 Å². The van der Waals surface area contributed by atoms with Crippen molar-refractivity contribution in [1.82, 2.24) is 4.98 Å². The fourth-order valence-electron chi connectivity index (χ4n) is 2.25. The molecular weight excluding hydrogens is 407 g/mol. The summed E-state index contributed by atoms with van der Waals surface area (Å²) in [6.45, 7) is 4.49. The maximum atomic E-state index is 12.6. The molecule has 0 amide bonds. The summed E-state index contributed by atoms with van der Waals surface area (Å²) < 4.78 is 12.5. The maximum absolute atomic E-state index is 12.6. The number of halogens is 1. The molecule has 0 aliphatic rings. The van der Waals surface area contributed by atoms with Crippen molar-refractivity contribution in [2.24, 2.45) is 5.92 Å². The van der Waals surface area contributed by atoms with Gasteiger partial charge in [-0.2, -0.15) is 0 Å². The van der Waals surface area contributed by atoms with E-state index in [0.717, 1.165) is 10.3 Å². The minimum absolute atomic E-state index is 0.252. The molecule has 0 saturated heterocycles. The molecule has 0 saturated carbocycles. The van der Waals surface area contributed by atoms with E-state index in [-0.39, 0.29) is 5.88 Å². The Balaban J connectivity index is 2.37. The van der Waals surface area contributed by atoms with Gasteiger partial charge in [0.05, 0.1) is 11.5 Å². The van der Waals surface area contributed by atoms with Crippen LogP contribution in [-0.4, -0.2) is 12.1 Å². The molecule has 23 heavy (non-hydrogen) atoms. The molecule has 2 aromatic rings. The van der Waals surface area contributed by atoms with Crippen LogP contribution in [0.5, 0.6) is 11.8 Å². The Morgan fingerprint density at radius 1 is 1.26 bits per heavy atom. The second-order valence-corrected chi connectivity index (χ2v) is 6.38. The van der Waals surface area contributed by atoms with Crippen LogP contribution in [0.1, 0.15) is 30.8 Å². The normalized spacial score (nSPS) is 10.8. The van der Waals surface area contributed by atoms with Gasteiger partial charge >= 0.3 is 5.88 Å². The summed E-state index contributed by atoms with van der Waals surface area (Å²) in [4.78, 5) is 4.52. The lowest BCUT2D eigenvalue weighted by Gasteiger charge is -2.15. The molecule has 0 fully saturated rings. The number of hydrogen-bond acceptors (Lipinski definition) is 4. The number of benzene rings is 1. The van der Waals surface area contributed by atoms with E-state index in [0.29, 0.717) is 40.6 Å². The van der Waals surface area contributed by atoms with Crippen molar-refractivity contribution < 1.29 is 14.2 Å². The van der Waals surface area contributed by atoms with E-state index in [1.165, 1.54) is 7.11 Å². The van der Waals surface area contributed by atoms with Crippen molar-refractivity contribution in [2.45, 2.75) is 31.3 Å². The number of methoxy groups -OCH3 is 1. The zero-order valence-corrected chi connectivity index (χ0v) is 15.7. The highest BCUT2D eigenvalue weighted by Crippen LogP contribution is 2.24. The lowest BCUT2D eigenvalue weighted by molar-refractivity contribution is -0.622. The Hall–Kier alpha value is -1.57. The van der Waals surface area contributed by atoms with Crippen LogP contribution in [0.4, 0.5) is 0 Å². The molecule has 0 aliphatic carbocycles. The Morgan fingerprint density at radius 2 is 1.96 bits per heavy atom. The van der Waals surface area contributed by atoms with Gasteiger partial charge in [0.25, 0.3) is 11.6 Å². The van der Waals surface area contributed by atoms with Gasteiger partial charge in [-0.25, -0.2) is 4.98 Å². The van der Waals surface area contributed by atoms with Crippen LogP contribution < -0.4 is 14.2 Å². The van der Waals surface area contributed by atoms with Gasteiger partial charge in [0.15, 0.2) is 5.69 Å². The first kappa shape index (κ1) is 17.8. The summed E-state index contributed by atoms with van der Waals surface area (Å²) in [5.74, 6) is 0.957. The molecule has 0 radical (unpaired) electrons. The molecule has 1 aromatic carbocycles. The molecule has 0 bridgehead atoms. The van der Waals surface area contributed by atoms with Gasteiger partial charge < -0.3 is 14.7 Å². The van der Waals surface area contributed by atoms with Gasteiger partial charge in [0.1, 0.15) is 6.61 Å². The lowest BCUT2D eigenvalue weighted by Crippen LogP contribution is -2.37. The molecule has 1 aromatic heterocycles. The lowest BCUT2D eigenvalue weighted by atomic mass is 10.1. The molecular formula is C17H21IN2O3. The van der Waals surface area contributed by atoms with Gasteiger partial charge in [-0.05, 0) is 11.5 Å². The first-order valence-electron chi connectivity index (χ1n) is 7.48. The van der Waals surface area contributed by atoms with Crippen LogP contribution in [0.25, 0.3) is 0 Å². The first-order valence-corrected chi connectivity index (χ1v) is 9.01. The zero-order valence-electron chi connectivity index (χ0n) is 13.6. The minimum atomic E-state index is 0.252. The summed E-state index contributed by atoms with van der Waals surface area (Å²) in [7, 11) is 1.49. The maximum Gasteiger partial charge on any atom is 0.402 e. The van der Waals surface area contributed by atoms with Crippen molar-refractivity contribution in [2.75, 3.05) is 7.11 Å². The molecule has 0 unspecified atom stereocenters. The number of rotatable bonds is 7. The molecule has 124 valence electrons. The predicted octanol–water partition coefficient (Wildman–Crippen LogP) is 3.44. The topological polar surface area (TPSA) is 58.3 Å². The summed E-state index contributed by atoms with van der Waals surface area (Å²) in [6, 6.07) is 9.84. The standard InChI is InChI=1S/C17H21IN2O3/c1-12(2)9-15-16(23-11-13-7-5-4-6-8-13)19-14(10-18)17(22-3)20(15)21/h4-8,12H,9-11H2,1-3H3. The number of nitrogens with zero attached hydrogens (tertiary/aromatic N) is 2. The van der Waals surface area contributed by atoms with E-state index in [1.807, 2.05) is 30.3 Å². The van der Waals surface area contributed by atoms with Crippen molar-refractivity contribution in [3.05, 3.63) is 52.5 Å². The Kier molecular flexibility index (Phi) is 6.44. The van der Waals surface area contributed by atoms with Crippen LogP contribution in [0.15, 0.2) is 30.3 Å². The minimum Gasteiger partial charge on any atom is -0.616 e. The van der Waals surface area contributed by atoms with Crippen molar-refractivity contribution in [1.29, 1.82) is 0 Å². The van der Waals surface area contributed by atoms with Crippen LogP contribution in [0.3, 0.4) is 0 Å². The fourth-order valence-corrected chi connectivity index (χ4v) is 2.74. The zero-order chi connectivity index (χ0) is 16.8. The molecule has 2 rings (SSSR count). The highest BCUT2D eigenvalue weighted by Gasteiger charge is 2.26. The van der Waals surface area contributed by atoms with Gasteiger partial charge in [-0.3, -0.25) is 0 Å². The summed E-state index contributed by atoms with van der Waals surface area (Å²) >= 11 is 2.16. The molecule has 6 heteroatoms. The fraction of sp³-hybridized carbons (Fsp3) is 0.412. The third-order valence-corrected chi connectivity index (χ3v) is 4.02. The largest absolute Gasteiger partial charge is 0.616 e. The van der Waals surface area contributed by atoms with Gasteiger partial charge in [0, 0.05) is 6.42 Å². The smallest absolute Gasteiger partial charge is 0.402 e. The molecule has 0 spiro atoms. The summed E-state index contributed by atoms with van der Waals surface area (Å²) in [5.41, 5.74) is 2.15. The Labute approximate surface area is 150 Å². The highest BCUT2D eigenvalue weighted by atomic mass is 127. The summed E-state index contributed by atoms with van der Waals surface area (Å²) in [5, 5.41) is 12.6. The van der Waals surface area contributed by atoms with E-state index >= 15 is 0 Å². The number of aromatic nitrogens is 2. The van der Waals surface area contributed by atoms with E-state index < -0.39 is 0 Å². The molecule has 1 heterocycles. The molecule has 5 nitrogen and oxygen atoms in total. The van der Waals surface area contributed by atoms with Crippen LogP contribution in [0, 0.1) is 11.1 Å². The second kappa shape index (κ2) is 8.33. The SMILES string of the molecule is COc1c(CI)nc(OCc2ccccc2)c(CC(C)C)[n+]1[O-]. The third kappa shape index (κ3) is 4.46. The summed E-state index contributed by atoms with van der Waals surface area (Å²) in [6.07, 6.45) is 0.582. The quantitative estimate of drug-likeness (QED) is 0.294. The van der Waals surface area contributed by atoms with Gasteiger partial charge in [-0.15, -0.1) is 4.73 Å². The predicted molar refractivity (Wildman–Crippen MR) is 96.8 cm³/mol. The van der Waals surface area contributed by atoms with Gasteiger partial charge in [0.2, 0.25) is 0 Å². The van der Waals surface area contributed by atoms with Crippen LogP contribution >= 0.6 is 22.6 Å². The number of hydrogen-bond donors (Lipinski definition) is 0. The van der Waals surface area contributed by atoms with Crippen molar-refractivity contribution in [3.63, 3.8) is 0 Å². The Morgan fingerprint density at radius 3 is 2.52 bits per heavy atom. The average Bonchev–Trinajstić information content (AvgIpc) is 2.55. The molecule has 0 atom stereocenters. The van der Waals surface area contributed by atoms with Crippen LogP contribution in [-0.2, 0) is 17.5 Å². The highest BCUT2D eigenvalue weighted by molar-refractivity contribution is 14.1. The third-order valence-electron chi connectivity index (χ3n) is 3.30. The van der Waals surface area contributed by atoms with Crippen molar-refractivity contribution >= 4 is 22.6 Å². The monoisotopic (exact) mass is 428 g/mol. The van der Waals surface area contributed by atoms with Crippen LogP contribution in [0.2, 0.25) is 0 Å². The number of alkyl halides is 1. The first-order chi connectivity index (χ1) is 11.1. The Bertz CT molecular complexity index is 648. The van der Waals surface area contributed by atoms with E-state index in [1.54, 1.807) is 0 Å².